The summed E-state index contributed by atoms with van der Waals surface area (Å²) in [5.41, 5.74) is 2.25. The number of guanidine groups is 1. The summed E-state index contributed by atoms with van der Waals surface area (Å²) in [6.07, 6.45) is 0. The maximum Gasteiger partial charge on any atom is 0.243 e. The Bertz CT molecular complexity index is 521. The van der Waals surface area contributed by atoms with Gasteiger partial charge in [0.2, 0.25) is 5.91 Å². The van der Waals surface area contributed by atoms with E-state index in [0.29, 0.717) is 19.1 Å². The van der Waals surface area contributed by atoms with Crippen LogP contribution in [0.1, 0.15) is 18.1 Å². The molecule has 0 bridgehead atoms. The number of ether oxygens (including phenoxy) is 1. The molecule has 128 valence electrons. The van der Waals surface area contributed by atoms with Crippen LogP contribution in [0.5, 0.6) is 5.75 Å². The number of benzene rings is 1. The Balaban J connectivity index is 2.47. The van der Waals surface area contributed by atoms with E-state index < -0.39 is 0 Å². The summed E-state index contributed by atoms with van der Waals surface area (Å²) < 4.78 is 5.84. The fourth-order valence-corrected chi connectivity index (χ4v) is 1.98. The minimum absolute atomic E-state index is 0.0333. The molecule has 0 spiro atoms. The zero-order valence-corrected chi connectivity index (χ0v) is 14.8. The Morgan fingerprint density at radius 2 is 1.87 bits per heavy atom. The molecule has 1 amide bonds. The van der Waals surface area contributed by atoms with Crippen molar-refractivity contribution < 1.29 is 9.53 Å². The summed E-state index contributed by atoms with van der Waals surface area (Å²) in [4.78, 5) is 17.4. The number of rotatable bonds is 7. The summed E-state index contributed by atoms with van der Waals surface area (Å²) in [5.74, 6) is 1.51. The quantitative estimate of drug-likeness (QED) is 0.452. The molecule has 0 atom stereocenters. The number of aryl methyl sites for hydroxylation is 2. The van der Waals surface area contributed by atoms with Gasteiger partial charge in [0.15, 0.2) is 5.96 Å². The standard InChI is InChI=1S/C17H28N4O2/c1-6-18-17(20-12-15(22)21(4)5)19-10-11-23-16-13(2)8-7-9-14(16)3/h7-9H,6,10-12H2,1-5H3,(H2,18,19,20). The average Bonchev–Trinajstić information content (AvgIpc) is 2.50. The molecule has 2 N–H and O–H groups in total. The van der Waals surface area contributed by atoms with Gasteiger partial charge in [-0.2, -0.15) is 0 Å². The van der Waals surface area contributed by atoms with Gasteiger partial charge in [0.1, 0.15) is 18.9 Å². The summed E-state index contributed by atoms with van der Waals surface area (Å²) in [6.45, 7) is 8.05. The van der Waals surface area contributed by atoms with Gasteiger partial charge >= 0.3 is 0 Å². The van der Waals surface area contributed by atoms with Gasteiger partial charge < -0.3 is 20.3 Å². The lowest BCUT2D eigenvalue weighted by Gasteiger charge is -2.15. The molecule has 0 aromatic heterocycles. The van der Waals surface area contributed by atoms with Crippen LogP contribution in [0.4, 0.5) is 0 Å². The average molecular weight is 320 g/mol. The molecular weight excluding hydrogens is 292 g/mol. The van der Waals surface area contributed by atoms with E-state index in [4.69, 9.17) is 4.74 Å². The van der Waals surface area contributed by atoms with Gasteiger partial charge in [-0.3, -0.25) is 4.79 Å². The van der Waals surface area contributed by atoms with E-state index in [2.05, 4.69) is 15.6 Å². The number of amides is 1. The Labute approximate surface area is 138 Å². The monoisotopic (exact) mass is 320 g/mol. The third-order valence-electron chi connectivity index (χ3n) is 3.27. The van der Waals surface area contributed by atoms with Crippen LogP contribution >= 0.6 is 0 Å². The van der Waals surface area contributed by atoms with E-state index in [1.54, 1.807) is 14.1 Å². The molecule has 1 aromatic rings. The largest absolute Gasteiger partial charge is 0.491 e. The highest BCUT2D eigenvalue weighted by Gasteiger charge is 2.05. The van der Waals surface area contributed by atoms with Crippen molar-refractivity contribution >= 4 is 11.9 Å². The number of hydrogen-bond donors (Lipinski definition) is 2. The van der Waals surface area contributed by atoms with Crippen LogP contribution in [0, 0.1) is 13.8 Å². The molecular formula is C17H28N4O2. The molecule has 0 heterocycles. The van der Waals surface area contributed by atoms with E-state index >= 15 is 0 Å². The highest BCUT2D eigenvalue weighted by atomic mass is 16.5. The predicted octanol–water partition coefficient (Wildman–Crippen LogP) is 1.33. The van der Waals surface area contributed by atoms with Crippen LogP contribution in [0.25, 0.3) is 0 Å². The van der Waals surface area contributed by atoms with Gasteiger partial charge in [-0.25, -0.2) is 4.99 Å². The van der Waals surface area contributed by atoms with Gasteiger partial charge in [-0.05, 0) is 31.9 Å². The first-order valence-electron chi connectivity index (χ1n) is 7.87. The molecule has 0 fully saturated rings. The molecule has 1 aromatic carbocycles. The molecule has 1 rings (SSSR count). The Morgan fingerprint density at radius 3 is 2.43 bits per heavy atom. The lowest BCUT2D eigenvalue weighted by atomic mass is 10.1. The van der Waals surface area contributed by atoms with Gasteiger partial charge in [0.05, 0.1) is 6.54 Å². The minimum Gasteiger partial charge on any atom is -0.491 e. The molecule has 0 saturated heterocycles. The van der Waals surface area contributed by atoms with E-state index in [1.807, 2.05) is 39.0 Å². The van der Waals surface area contributed by atoms with Crippen LogP contribution in [0.15, 0.2) is 23.2 Å². The summed E-state index contributed by atoms with van der Waals surface area (Å²) >= 11 is 0. The number of nitrogens with one attached hydrogen (secondary N) is 2. The fourth-order valence-electron chi connectivity index (χ4n) is 1.98. The predicted molar refractivity (Wildman–Crippen MR) is 94.1 cm³/mol. The van der Waals surface area contributed by atoms with E-state index in [1.165, 1.54) is 4.90 Å². The maximum atomic E-state index is 11.6. The first-order chi connectivity index (χ1) is 11.0. The third kappa shape index (κ3) is 6.59. The molecule has 0 aliphatic carbocycles. The number of carbonyl (C=O) groups excluding carboxylic acids is 1. The van der Waals surface area contributed by atoms with E-state index in [-0.39, 0.29) is 12.5 Å². The van der Waals surface area contributed by atoms with Crippen molar-refractivity contribution in [2.24, 2.45) is 4.99 Å². The molecule has 0 aliphatic rings. The van der Waals surface area contributed by atoms with Crippen LogP contribution in [0.3, 0.4) is 0 Å². The van der Waals surface area contributed by atoms with Gasteiger partial charge in [0, 0.05) is 20.6 Å². The number of aliphatic imine (C=N–C) groups is 1. The highest BCUT2D eigenvalue weighted by Crippen LogP contribution is 2.21. The van der Waals surface area contributed by atoms with Crippen molar-refractivity contribution in [1.29, 1.82) is 0 Å². The SMILES string of the molecule is CCNC(=NCC(=O)N(C)C)NCCOc1c(C)cccc1C. The number of likely N-dealkylation sites (N-methyl/N-ethyl adjacent to an activating group) is 1. The number of carbonyl (C=O) groups is 1. The third-order valence-corrected chi connectivity index (χ3v) is 3.27. The molecule has 6 heteroatoms. The molecule has 0 saturated carbocycles. The van der Waals surface area contributed by atoms with Gasteiger partial charge in [0.25, 0.3) is 0 Å². The topological polar surface area (TPSA) is 66.0 Å². The normalized spacial score (nSPS) is 11.1. The van der Waals surface area contributed by atoms with Crippen molar-refractivity contribution in [2.45, 2.75) is 20.8 Å². The Morgan fingerprint density at radius 1 is 1.22 bits per heavy atom. The van der Waals surface area contributed by atoms with Crippen LogP contribution in [-0.2, 0) is 4.79 Å². The lowest BCUT2D eigenvalue weighted by Crippen LogP contribution is -2.40. The minimum atomic E-state index is -0.0333. The molecule has 6 nitrogen and oxygen atoms in total. The van der Waals surface area contributed by atoms with Gasteiger partial charge in [-0.1, -0.05) is 18.2 Å². The van der Waals surface area contributed by atoms with E-state index in [9.17, 15) is 4.79 Å². The summed E-state index contributed by atoms with van der Waals surface area (Å²) in [6, 6.07) is 6.09. The number of para-hydroxylation sites is 1. The lowest BCUT2D eigenvalue weighted by molar-refractivity contribution is -0.127. The van der Waals surface area contributed by atoms with Crippen molar-refractivity contribution in [3.05, 3.63) is 29.3 Å². The van der Waals surface area contributed by atoms with Crippen molar-refractivity contribution in [3.63, 3.8) is 0 Å². The first-order valence-corrected chi connectivity index (χ1v) is 7.87. The zero-order valence-electron chi connectivity index (χ0n) is 14.8. The van der Waals surface area contributed by atoms with Crippen LogP contribution in [-0.4, -0.2) is 57.1 Å². The van der Waals surface area contributed by atoms with Crippen molar-refractivity contribution in [3.8, 4) is 5.75 Å². The smallest absolute Gasteiger partial charge is 0.243 e. The maximum absolute atomic E-state index is 11.6. The molecule has 0 aliphatic heterocycles. The summed E-state index contributed by atoms with van der Waals surface area (Å²) in [7, 11) is 3.44. The number of hydrogen-bond acceptors (Lipinski definition) is 3. The zero-order chi connectivity index (χ0) is 17.2. The van der Waals surface area contributed by atoms with E-state index in [0.717, 1.165) is 23.4 Å². The highest BCUT2D eigenvalue weighted by molar-refractivity contribution is 5.84. The molecule has 23 heavy (non-hydrogen) atoms. The first kappa shape index (κ1) is 18.8. The van der Waals surface area contributed by atoms with Crippen molar-refractivity contribution in [1.82, 2.24) is 15.5 Å². The summed E-state index contributed by atoms with van der Waals surface area (Å²) in [5, 5.41) is 6.28. The Hall–Kier alpha value is -2.24. The van der Waals surface area contributed by atoms with Crippen LogP contribution < -0.4 is 15.4 Å². The molecule has 0 unspecified atom stereocenters. The second kappa shape index (κ2) is 9.71. The molecule has 0 radical (unpaired) electrons. The second-order valence-electron chi connectivity index (χ2n) is 5.48. The van der Waals surface area contributed by atoms with Crippen molar-refractivity contribution in [2.75, 3.05) is 40.3 Å². The second-order valence-corrected chi connectivity index (χ2v) is 5.48. The number of nitrogens with zero attached hydrogens (tertiary/aromatic N) is 2. The van der Waals surface area contributed by atoms with Gasteiger partial charge in [-0.15, -0.1) is 0 Å². The Kier molecular flexibility index (Phi) is 7.94. The fraction of sp³-hybridized carbons (Fsp3) is 0.529. The van der Waals surface area contributed by atoms with Crippen LogP contribution in [0.2, 0.25) is 0 Å².